The van der Waals surface area contributed by atoms with Gasteiger partial charge >= 0.3 is 0 Å². The van der Waals surface area contributed by atoms with Crippen molar-refractivity contribution in [2.45, 2.75) is 39.4 Å². The number of hydrogen-bond donors (Lipinski definition) is 1. The van der Waals surface area contributed by atoms with Crippen LogP contribution in [0.25, 0.3) is 0 Å². The van der Waals surface area contributed by atoms with Gasteiger partial charge in [-0.15, -0.1) is 0 Å². The van der Waals surface area contributed by atoms with Gasteiger partial charge in [0.05, 0.1) is 5.75 Å². The number of nitrogens with one attached hydrogen (secondary N) is 1. The minimum atomic E-state index is -3.38. The molecule has 28 heavy (non-hydrogen) atoms. The Morgan fingerprint density at radius 1 is 1.00 bits per heavy atom. The Morgan fingerprint density at radius 2 is 1.68 bits per heavy atom. The first-order valence-electron chi connectivity index (χ1n) is 9.67. The third-order valence-electron chi connectivity index (χ3n) is 5.59. The molecule has 6 heteroatoms. The number of benzene rings is 2. The predicted octanol–water partition coefficient (Wildman–Crippen LogP) is 3.79. The Labute approximate surface area is 167 Å². The summed E-state index contributed by atoms with van der Waals surface area (Å²) in [4.78, 5) is 12.6. The van der Waals surface area contributed by atoms with Gasteiger partial charge in [-0.2, -0.15) is 0 Å². The molecule has 3 rings (SSSR count). The van der Waals surface area contributed by atoms with Crippen LogP contribution in [0.5, 0.6) is 0 Å². The van der Waals surface area contributed by atoms with Crippen molar-refractivity contribution in [1.29, 1.82) is 0 Å². The molecule has 0 aliphatic carbocycles. The second kappa shape index (κ2) is 8.45. The van der Waals surface area contributed by atoms with Gasteiger partial charge in [0.1, 0.15) is 0 Å². The number of aryl methyl sites for hydroxylation is 3. The average molecular weight is 401 g/mol. The summed E-state index contributed by atoms with van der Waals surface area (Å²) in [7, 11) is -3.38. The maximum absolute atomic E-state index is 12.8. The molecule has 1 heterocycles. The number of hydrogen-bond acceptors (Lipinski definition) is 3. The van der Waals surface area contributed by atoms with Crippen molar-refractivity contribution in [3.8, 4) is 0 Å². The molecule has 0 bridgehead atoms. The van der Waals surface area contributed by atoms with E-state index >= 15 is 0 Å². The molecule has 5 nitrogen and oxygen atoms in total. The van der Waals surface area contributed by atoms with Crippen molar-refractivity contribution in [3.63, 3.8) is 0 Å². The number of sulfonamides is 1. The molecule has 1 fully saturated rings. The third kappa shape index (κ3) is 4.80. The monoisotopic (exact) mass is 400 g/mol. The van der Waals surface area contributed by atoms with Crippen LogP contribution < -0.4 is 5.32 Å². The van der Waals surface area contributed by atoms with Gasteiger partial charge in [-0.3, -0.25) is 4.79 Å². The lowest BCUT2D eigenvalue weighted by Crippen LogP contribution is -2.42. The molecule has 0 atom stereocenters. The van der Waals surface area contributed by atoms with E-state index in [1.807, 2.05) is 63.2 Å². The van der Waals surface area contributed by atoms with Crippen LogP contribution in [0.4, 0.5) is 5.69 Å². The highest BCUT2D eigenvalue weighted by Crippen LogP contribution is 2.24. The van der Waals surface area contributed by atoms with Crippen LogP contribution in [0, 0.1) is 26.7 Å². The Kier molecular flexibility index (Phi) is 6.20. The first kappa shape index (κ1) is 20.6. The number of nitrogens with zero attached hydrogens (tertiary/aromatic N) is 1. The topological polar surface area (TPSA) is 66.5 Å². The minimum absolute atomic E-state index is 0.0131. The molecule has 1 amide bonds. The summed E-state index contributed by atoms with van der Waals surface area (Å²) in [6.45, 7) is 6.75. The van der Waals surface area contributed by atoms with E-state index in [0.717, 1.165) is 22.4 Å². The zero-order chi connectivity index (χ0) is 20.3. The van der Waals surface area contributed by atoms with E-state index in [2.05, 4.69) is 5.32 Å². The normalized spacial score (nSPS) is 16.1. The van der Waals surface area contributed by atoms with Crippen molar-refractivity contribution in [1.82, 2.24) is 4.31 Å². The smallest absolute Gasteiger partial charge is 0.227 e. The number of piperidine rings is 1. The molecule has 0 radical (unpaired) electrons. The Bertz CT molecular complexity index is 961. The van der Waals surface area contributed by atoms with E-state index in [0.29, 0.717) is 25.9 Å². The van der Waals surface area contributed by atoms with Crippen molar-refractivity contribution < 1.29 is 13.2 Å². The largest absolute Gasteiger partial charge is 0.326 e. The van der Waals surface area contributed by atoms with Gasteiger partial charge < -0.3 is 5.32 Å². The van der Waals surface area contributed by atoms with Crippen molar-refractivity contribution in [2.24, 2.45) is 5.92 Å². The third-order valence-corrected chi connectivity index (χ3v) is 7.42. The zero-order valence-corrected chi connectivity index (χ0v) is 17.6. The second-order valence-electron chi connectivity index (χ2n) is 7.64. The summed E-state index contributed by atoms with van der Waals surface area (Å²) in [5.74, 6) is -0.176. The highest BCUT2D eigenvalue weighted by atomic mass is 32.2. The van der Waals surface area contributed by atoms with Crippen molar-refractivity contribution in [2.75, 3.05) is 18.4 Å². The Hall–Kier alpha value is -2.18. The van der Waals surface area contributed by atoms with E-state index in [-0.39, 0.29) is 17.6 Å². The van der Waals surface area contributed by atoms with Gasteiger partial charge in [-0.1, -0.05) is 30.3 Å². The molecule has 0 spiro atoms. The molecule has 0 unspecified atom stereocenters. The Balaban J connectivity index is 1.58. The van der Waals surface area contributed by atoms with E-state index in [9.17, 15) is 13.2 Å². The van der Waals surface area contributed by atoms with Gasteiger partial charge in [0.25, 0.3) is 0 Å². The molecular formula is C22H28N2O3S. The summed E-state index contributed by atoms with van der Waals surface area (Å²) in [5.41, 5.74) is 4.92. The first-order chi connectivity index (χ1) is 13.3. The highest BCUT2D eigenvalue weighted by molar-refractivity contribution is 7.88. The van der Waals surface area contributed by atoms with E-state index in [1.165, 1.54) is 9.87 Å². The molecule has 0 saturated carbocycles. The average Bonchev–Trinajstić information content (AvgIpc) is 2.66. The van der Waals surface area contributed by atoms with Crippen LogP contribution in [-0.2, 0) is 20.6 Å². The number of rotatable bonds is 5. The number of anilines is 1. The molecule has 0 aromatic heterocycles. The van der Waals surface area contributed by atoms with Crippen LogP contribution in [0.1, 0.15) is 35.1 Å². The zero-order valence-electron chi connectivity index (χ0n) is 16.7. The first-order valence-corrected chi connectivity index (χ1v) is 11.3. The maximum atomic E-state index is 12.8. The molecule has 2 aromatic rings. The molecule has 1 N–H and O–H groups in total. The Morgan fingerprint density at radius 3 is 2.32 bits per heavy atom. The van der Waals surface area contributed by atoms with Gasteiger partial charge in [0, 0.05) is 24.7 Å². The lowest BCUT2D eigenvalue weighted by atomic mass is 9.97. The molecule has 1 saturated heterocycles. The molecular weight excluding hydrogens is 372 g/mol. The summed E-state index contributed by atoms with van der Waals surface area (Å²) in [6.07, 6.45) is 1.09. The van der Waals surface area contributed by atoms with Crippen LogP contribution in [-0.4, -0.2) is 31.7 Å². The van der Waals surface area contributed by atoms with Crippen LogP contribution in [0.15, 0.2) is 42.5 Å². The second-order valence-corrected chi connectivity index (χ2v) is 9.61. The molecule has 150 valence electrons. The van der Waals surface area contributed by atoms with Crippen LogP contribution in [0.2, 0.25) is 0 Å². The van der Waals surface area contributed by atoms with Crippen LogP contribution in [0.3, 0.4) is 0 Å². The van der Waals surface area contributed by atoms with E-state index < -0.39 is 10.0 Å². The van der Waals surface area contributed by atoms with E-state index in [1.54, 1.807) is 0 Å². The fourth-order valence-corrected chi connectivity index (χ4v) is 5.19. The fourth-order valence-electron chi connectivity index (χ4n) is 3.52. The predicted molar refractivity (Wildman–Crippen MR) is 113 cm³/mol. The number of amides is 1. The molecule has 1 aliphatic rings. The minimum Gasteiger partial charge on any atom is -0.326 e. The van der Waals surface area contributed by atoms with Gasteiger partial charge in [-0.25, -0.2) is 12.7 Å². The van der Waals surface area contributed by atoms with Gasteiger partial charge in [0.15, 0.2) is 0 Å². The highest BCUT2D eigenvalue weighted by Gasteiger charge is 2.31. The van der Waals surface area contributed by atoms with Crippen molar-refractivity contribution in [3.05, 3.63) is 64.7 Å². The maximum Gasteiger partial charge on any atom is 0.227 e. The standard InChI is InChI=1S/C22H28N2O3S/c1-16-8-9-21(14-18(16)3)23-22(25)19-10-12-24(13-11-19)28(26,27)15-20-7-5-4-6-17(20)2/h4-9,14,19H,10-13,15H2,1-3H3,(H,23,25). The van der Waals surface area contributed by atoms with Gasteiger partial charge in [-0.05, 0) is 68.0 Å². The van der Waals surface area contributed by atoms with Crippen molar-refractivity contribution >= 4 is 21.6 Å². The summed E-state index contributed by atoms with van der Waals surface area (Å²) in [6, 6.07) is 13.4. The fraction of sp³-hybridized carbons (Fsp3) is 0.409. The van der Waals surface area contributed by atoms with Crippen LogP contribution >= 0.6 is 0 Å². The summed E-state index contributed by atoms with van der Waals surface area (Å²) >= 11 is 0. The van der Waals surface area contributed by atoms with Gasteiger partial charge in [0.2, 0.25) is 15.9 Å². The number of carbonyl (C=O) groups excluding carboxylic acids is 1. The quantitative estimate of drug-likeness (QED) is 0.830. The number of carbonyl (C=O) groups is 1. The van der Waals surface area contributed by atoms with E-state index in [4.69, 9.17) is 0 Å². The lowest BCUT2D eigenvalue weighted by Gasteiger charge is -2.30. The summed E-state index contributed by atoms with van der Waals surface area (Å²) in [5, 5.41) is 2.97. The summed E-state index contributed by atoms with van der Waals surface area (Å²) < 4.78 is 27.1. The SMILES string of the molecule is Cc1ccc(NC(=O)C2CCN(S(=O)(=O)Cc3ccccc3C)CC2)cc1C. The lowest BCUT2D eigenvalue weighted by molar-refractivity contribution is -0.120. The molecule has 2 aromatic carbocycles. The molecule has 1 aliphatic heterocycles.